The van der Waals surface area contributed by atoms with Crippen LogP contribution in [0, 0.1) is 11.3 Å². The van der Waals surface area contributed by atoms with E-state index in [9.17, 15) is 8.78 Å². The fourth-order valence-corrected chi connectivity index (χ4v) is 1.06. The molecule has 0 spiro atoms. The summed E-state index contributed by atoms with van der Waals surface area (Å²) in [5.41, 5.74) is 4.12. The van der Waals surface area contributed by atoms with Crippen molar-refractivity contribution < 1.29 is 8.78 Å². The number of nitriles is 1. The van der Waals surface area contributed by atoms with Gasteiger partial charge >= 0.3 is 0 Å². The fourth-order valence-electron chi connectivity index (χ4n) is 0.827. The van der Waals surface area contributed by atoms with Crippen LogP contribution < -0.4 is 5.73 Å². The molecule has 13 heavy (non-hydrogen) atoms. The summed E-state index contributed by atoms with van der Waals surface area (Å²) >= 11 is 5.42. The van der Waals surface area contributed by atoms with Gasteiger partial charge in [-0.2, -0.15) is 5.26 Å². The Hall–Kier alpha value is -1.41. The molecule has 0 unspecified atom stereocenters. The van der Waals surface area contributed by atoms with Gasteiger partial charge in [-0.3, -0.25) is 0 Å². The lowest BCUT2D eigenvalue weighted by Gasteiger charge is -2.06. The highest BCUT2D eigenvalue weighted by Crippen LogP contribution is 2.32. The molecule has 0 aliphatic carbocycles. The van der Waals surface area contributed by atoms with Gasteiger partial charge in [0, 0.05) is 6.20 Å². The first-order chi connectivity index (χ1) is 6.07. The number of nitrogens with zero attached hydrogens (tertiary/aromatic N) is 2. The Balaban J connectivity index is 3.41. The van der Waals surface area contributed by atoms with Gasteiger partial charge in [-0.1, -0.05) is 11.6 Å². The summed E-state index contributed by atoms with van der Waals surface area (Å²) in [4.78, 5) is 3.49. The number of pyridine rings is 1. The van der Waals surface area contributed by atoms with E-state index >= 15 is 0 Å². The third kappa shape index (κ3) is 1.68. The molecule has 0 aliphatic rings. The molecule has 1 rings (SSSR count). The average Bonchev–Trinajstić information content (AvgIpc) is 2.04. The third-order valence-corrected chi connectivity index (χ3v) is 1.73. The zero-order chi connectivity index (χ0) is 10.0. The molecule has 0 radical (unpaired) electrons. The van der Waals surface area contributed by atoms with Crippen LogP contribution in [0.15, 0.2) is 6.20 Å². The van der Waals surface area contributed by atoms with E-state index in [4.69, 9.17) is 22.6 Å². The van der Waals surface area contributed by atoms with E-state index in [1.54, 1.807) is 6.07 Å². The Labute approximate surface area is 77.7 Å². The smallest absolute Gasteiger partial charge is 0.267 e. The Bertz CT molecular complexity index is 373. The van der Waals surface area contributed by atoms with Crippen molar-refractivity contribution in [1.82, 2.24) is 4.98 Å². The van der Waals surface area contributed by atoms with Gasteiger partial charge in [-0.05, 0) is 0 Å². The van der Waals surface area contributed by atoms with E-state index in [1.807, 2.05) is 0 Å². The molecule has 0 bridgehead atoms. The molecule has 0 aromatic carbocycles. The topological polar surface area (TPSA) is 62.7 Å². The first-order valence-electron chi connectivity index (χ1n) is 3.20. The molecular weight excluding hydrogens is 200 g/mol. The Morgan fingerprint density at radius 3 is 2.69 bits per heavy atom. The minimum atomic E-state index is -2.80. The molecule has 68 valence electrons. The number of aromatic nitrogens is 1. The number of anilines is 1. The maximum atomic E-state index is 12.3. The second-order valence-electron chi connectivity index (χ2n) is 2.19. The number of nitrogen functional groups attached to an aromatic ring is 1. The van der Waals surface area contributed by atoms with Crippen molar-refractivity contribution in [1.29, 1.82) is 5.26 Å². The van der Waals surface area contributed by atoms with Crippen LogP contribution in [0.25, 0.3) is 0 Å². The molecule has 2 N–H and O–H groups in total. The van der Waals surface area contributed by atoms with Crippen LogP contribution >= 0.6 is 11.6 Å². The van der Waals surface area contributed by atoms with Gasteiger partial charge in [0.1, 0.15) is 6.07 Å². The monoisotopic (exact) mass is 203 g/mol. The average molecular weight is 204 g/mol. The second-order valence-corrected chi connectivity index (χ2v) is 2.60. The fraction of sp³-hybridized carbons (Fsp3) is 0.143. The molecule has 0 fully saturated rings. The van der Waals surface area contributed by atoms with Crippen LogP contribution in [0.4, 0.5) is 14.5 Å². The molecule has 0 saturated carbocycles. The Morgan fingerprint density at radius 2 is 2.23 bits per heavy atom. The zero-order valence-electron chi connectivity index (χ0n) is 6.26. The van der Waals surface area contributed by atoms with E-state index in [0.717, 1.165) is 6.20 Å². The predicted octanol–water partition coefficient (Wildman–Crippen LogP) is 2.13. The molecule has 1 aromatic rings. The summed E-state index contributed by atoms with van der Waals surface area (Å²) in [7, 11) is 0. The Morgan fingerprint density at radius 1 is 1.62 bits per heavy atom. The van der Waals surface area contributed by atoms with Gasteiger partial charge in [-0.15, -0.1) is 0 Å². The van der Waals surface area contributed by atoms with Gasteiger partial charge in [0.05, 0.1) is 16.3 Å². The van der Waals surface area contributed by atoms with E-state index in [-0.39, 0.29) is 16.4 Å². The molecule has 3 nitrogen and oxygen atoms in total. The highest BCUT2D eigenvalue weighted by atomic mass is 35.5. The summed E-state index contributed by atoms with van der Waals surface area (Å²) in [5, 5.41) is 8.20. The van der Waals surface area contributed by atoms with Gasteiger partial charge in [0.2, 0.25) is 0 Å². The van der Waals surface area contributed by atoms with E-state index in [0.29, 0.717) is 0 Å². The maximum Gasteiger partial charge on any atom is 0.267 e. The standard InChI is InChI=1S/C7H4ClF2N3/c8-3-2-13-4(1-11)6(12)5(3)7(9)10/h2,7H,12H2. The van der Waals surface area contributed by atoms with Crippen molar-refractivity contribution >= 4 is 17.3 Å². The number of hydrogen-bond donors (Lipinski definition) is 1. The lowest BCUT2D eigenvalue weighted by atomic mass is 10.2. The number of alkyl halides is 2. The number of hydrogen-bond acceptors (Lipinski definition) is 3. The van der Waals surface area contributed by atoms with Crippen molar-refractivity contribution in [3.05, 3.63) is 22.5 Å². The van der Waals surface area contributed by atoms with Gasteiger partial charge < -0.3 is 5.73 Å². The van der Waals surface area contributed by atoms with Gasteiger partial charge in [-0.25, -0.2) is 13.8 Å². The highest BCUT2D eigenvalue weighted by Gasteiger charge is 2.18. The SMILES string of the molecule is N#Cc1ncc(Cl)c(C(F)F)c1N. The molecule has 0 amide bonds. The van der Waals surface area contributed by atoms with E-state index in [2.05, 4.69) is 4.98 Å². The minimum absolute atomic E-state index is 0.230. The van der Waals surface area contributed by atoms with Crippen LogP contribution in [-0.4, -0.2) is 4.98 Å². The van der Waals surface area contributed by atoms with E-state index < -0.39 is 12.0 Å². The molecule has 0 atom stereocenters. The number of halogens is 3. The maximum absolute atomic E-state index is 12.3. The first-order valence-corrected chi connectivity index (χ1v) is 3.57. The zero-order valence-corrected chi connectivity index (χ0v) is 7.02. The van der Waals surface area contributed by atoms with Crippen molar-refractivity contribution in [2.24, 2.45) is 0 Å². The Kier molecular flexibility index (Phi) is 2.63. The van der Waals surface area contributed by atoms with Crippen LogP contribution in [0.2, 0.25) is 5.02 Å². The van der Waals surface area contributed by atoms with Crippen LogP contribution in [0.5, 0.6) is 0 Å². The normalized spacial score (nSPS) is 10.1. The minimum Gasteiger partial charge on any atom is -0.396 e. The lowest BCUT2D eigenvalue weighted by molar-refractivity contribution is 0.152. The van der Waals surface area contributed by atoms with Crippen molar-refractivity contribution in [2.45, 2.75) is 6.43 Å². The van der Waals surface area contributed by atoms with Crippen LogP contribution in [-0.2, 0) is 0 Å². The molecule has 6 heteroatoms. The second kappa shape index (κ2) is 3.54. The van der Waals surface area contributed by atoms with Crippen LogP contribution in [0.1, 0.15) is 17.7 Å². The summed E-state index contributed by atoms with van der Waals surface area (Å²) < 4.78 is 24.6. The summed E-state index contributed by atoms with van der Waals surface area (Å²) in [5.74, 6) is 0. The number of rotatable bonds is 1. The summed E-state index contributed by atoms with van der Waals surface area (Å²) in [6, 6.07) is 1.59. The van der Waals surface area contributed by atoms with Crippen molar-refractivity contribution in [3.8, 4) is 6.07 Å². The summed E-state index contributed by atoms with van der Waals surface area (Å²) in [6.45, 7) is 0. The van der Waals surface area contributed by atoms with E-state index in [1.165, 1.54) is 0 Å². The molecular formula is C7H4ClF2N3. The quantitative estimate of drug-likeness (QED) is 0.761. The predicted molar refractivity (Wildman–Crippen MR) is 43.3 cm³/mol. The summed E-state index contributed by atoms with van der Waals surface area (Å²) in [6.07, 6.45) is -1.82. The molecule has 1 aromatic heterocycles. The highest BCUT2D eigenvalue weighted by molar-refractivity contribution is 6.31. The largest absolute Gasteiger partial charge is 0.396 e. The number of nitrogens with two attached hydrogens (primary N) is 1. The van der Waals surface area contributed by atoms with Gasteiger partial charge in [0.25, 0.3) is 6.43 Å². The molecule has 1 heterocycles. The van der Waals surface area contributed by atoms with Gasteiger partial charge in [0.15, 0.2) is 5.69 Å². The first kappa shape index (κ1) is 9.68. The van der Waals surface area contributed by atoms with Crippen LogP contribution in [0.3, 0.4) is 0 Å². The molecule has 0 aliphatic heterocycles. The van der Waals surface area contributed by atoms with Crippen molar-refractivity contribution in [3.63, 3.8) is 0 Å². The molecule has 0 saturated heterocycles. The third-order valence-electron chi connectivity index (χ3n) is 1.43. The lowest BCUT2D eigenvalue weighted by Crippen LogP contribution is -2.01. The van der Waals surface area contributed by atoms with Crippen molar-refractivity contribution in [2.75, 3.05) is 5.73 Å².